The maximum Gasteiger partial charge on any atom is 0.107 e. The Balaban J connectivity index is 0.000000120. The van der Waals surface area contributed by atoms with Crippen molar-refractivity contribution in [1.29, 1.82) is 0 Å². The van der Waals surface area contributed by atoms with E-state index in [4.69, 9.17) is 9.47 Å². The molecule has 0 aromatic carbocycles. The summed E-state index contributed by atoms with van der Waals surface area (Å²) in [5.74, 6) is 0. The average molecular weight is 168 g/mol. The standard InChI is InChI=1S/2C5H8O/c2*1-3-5(2)4-6-5/h2*3H,1,4H2,2H3. The Labute approximate surface area is 73.9 Å². The fraction of sp³-hybridized carbons (Fsp3) is 0.600. The lowest BCUT2D eigenvalue weighted by Gasteiger charge is -1.86. The van der Waals surface area contributed by atoms with Crippen LogP contribution in [0.25, 0.3) is 0 Å². The summed E-state index contributed by atoms with van der Waals surface area (Å²) in [6.07, 6.45) is 3.65. The van der Waals surface area contributed by atoms with Crippen LogP contribution in [-0.2, 0) is 9.47 Å². The molecule has 0 aromatic heterocycles. The van der Waals surface area contributed by atoms with Gasteiger partial charge in [0.05, 0.1) is 13.2 Å². The van der Waals surface area contributed by atoms with Crippen molar-refractivity contribution in [3.05, 3.63) is 25.3 Å². The van der Waals surface area contributed by atoms with E-state index in [0.29, 0.717) is 0 Å². The van der Waals surface area contributed by atoms with Gasteiger partial charge in [0.2, 0.25) is 0 Å². The van der Waals surface area contributed by atoms with Crippen molar-refractivity contribution in [1.82, 2.24) is 0 Å². The van der Waals surface area contributed by atoms with Crippen LogP contribution in [0.4, 0.5) is 0 Å². The first-order valence-corrected chi connectivity index (χ1v) is 4.09. The molecular weight excluding hydrogens is 152 g/mol. The molecule has 0 bridgehead atoms. The molecule has 2 atom stereocenters. The van der Waals surface area contributed by atoms with Crippen molar-refractivity contribution < 1.29 is 9.47 Å². The molecule has 2 rings (SSSR count). The molecule has 12 heavy (non-hydrogen) atoms. The van der Waals surface area contributed by atoms with Gasteiger partial charge in [-0.2, -0.15) is 0 Å². The van der Waals surface area contributed by atoms with Gasteiger partial charge in [-0.1, -0.05) is 12.2 Å². The highest BCUT2D eigenvalue weighted by Gasteiger charge is 2.35. The molecule has 2 heterocycles. The SMILES string of the molecule is C=CC1(C)CO1.C=CC1(C)CO1. The third-order valence-electron chi connectivity index (χ3n) is 2.06. The third-order valence-corrected chi connectivity index (χ3v) is 2.06. The number of hydrogen-bond acceptors (Lipinski definition) is 2. The van der Waals surface area contributed by atoms with Crippen LogP contribution in [0.2, 0.25) is 0 Å². The molecule has 0 saturated carbocycles. The Morgan fingerprint density at radius 2 is 1.25 bits per heavy atom. The van der Waals surface area contributed by atoms with Crippen LogP contribution in [-0.4, -0.2) is 24.4 Å². The number of ether oxygens (including phenoxy) is 2. The van der Waals surface area contributed by atoms with Crippen LogP contribution in [0.1, 0.15) is 13.8 Å². The number of rotatable bonds is 2. The summed E-state index contributed by atoms with van der Waals surface area (Å²) >= 11 is 0. The molecule has 2 nitrogen and oxygen atoms in total. The van der Waals surface area contributed by atoms with Gasteiger partial charge in [0.15, 0.2) is 0 Å². The summed E-state index contributed by atoms with van der Waals surface area (Å²) in [4.78, 5) is 0. The molecule has 2 aliphatic heterocycles. The van der Waals surface area contributed by atoms with Crippen LogP contribution >= 0.6 is 0 Å². The van der Waals surface area contributed by atoms with Crippen LogP contribution in [0.3, 0.4) is 0 Å². The predicted octanol–water partition coefficient (Wildman–Crippen LogP) is 1.92. The number of epoxide rings is 2. The molecular formula is C10H16O2. The minimum atomic E-state index is 0.0556. The van der Waals surface area contributed by atoms with E-state index in [1.165, 1.54) is 0 Å². The summed E-state index contributed by atoms with van der Waals surface area (Å²) in [6, 6.07) is 0. The van der Waals surface area contributed by atoms with Crippen molar-refractivity contribution in [2.45, 2.75) is 25.0 Å². The zero-order valence-electron chi connectivity index (χ0n) is 7.80. The van der Waals surface area contributed by atoms with E-state index >= 15 is 0 Å². The molecule has 0 N–H and O–H groups in total. The van der Waals surface area contributed by atoms with Crippen molar-refractivity contribution in [2.24, 2.45) is 0 Å². The van der Waals surface area contributed by atoms with Crippen LogP contribution in [0.15, 0.2) is 25.3 Å². The lowest BCUT2D eigenvalue weighted by molar-refractivity contribution is 0.370. The summed E-state index contributed by atoms with van der Waals surface area (Å²) in [7, 11) is 0. The molecule has 0 radical (unpaired) electrons. The van der Waals surface area contributed by atoms with Crippen LogP contribution < -0.4 is 0 Å². The highest BCUT2D eigenvalue weighted by Crippen LogP contribution is 2.26. The second-order valence-corrected chi connectivity index (χ2v) is 3.61. The highest BCUT2D eigenvalue weighted by molar-refractivity contribution is 5.03. The molecule has 2 saturated heterocycles. The van der Waals surface area contributed by atoms with E-state index in [9.17, 15) is 0 Å². The summed E-state index contributed by atoms with van der Waals surface area (Å²) in [6.45, 7) is 12.9. The second-order valence-electron chi connectivity index (χ2n) is 3.61. The van der Waals surface area contributed by atoms with Gasteiger partial charge in [-0.3, -0.25) is 0 Å². The van der Waals surface area contributed by atoms with Gasteiger partial charge in [0, 0.05) is 0 Å². The summed E-state index contributed by atoms with van der Waals surface area (Å²) in [5, 5.41) is 0. The Bertz CT molecular complexity index is 166. The van der Waals surface area contributed by atoms with E-state index in [-0.39, 0.29) is 11.2 Å². The molecule has 0 spiro atoms. The largest absolute Gasteiger partial charge is 0.365 e. The maximum atomic E-state index is 4.93. The summed E-state index contributed by atoms with van der Waals surface area (Å²) < 4.78 is 9.85. The van der Waals surface area contributed by atoms with Gasteiger partial charge in [-0.05, 0) is 13.8 Å². The van der Waals surface area contributed by atoms with E-state index in [0.717, 1.165) is 13.2 Å². The lowest BCUT2D eigenvalue weighted by atomic mass is 10.2. The van der Waals surface area contributed by atoms with Gasteiger partial charge in [-0.15, -0.1) is 13.2 Å². The van der Waals surface area contributed by atoms with Gasteiger partial charge in [0.25, 0.3) is 0 Å². The van der Waals surface area contributed by atoms with E-state index in [1.54, 1.807) is 0 Å². The van der Waals surface area contributed by atoms with Crippen molar-refractivity contribution in [3.8, 4) is 0 Å². The van der Waals surface area contributed by atoms with Gasteiger partial charge >= 0.3 is 0 Å². The van der Waals surface area contributed by atoms with Crippen LogP contribution in [0, 0.1) is 0 Å². The molecule has 68 valence electrons. The Hall–Kier alpha value is -0.600. The van der Waals surface area contributed by atoms with E-state index in [2.05, 4.69) is 13.2 Å². The minimum absolute atomic E-state index is 0.0556. The second kappa shape index (κ2) is 3.04. The topological polar surface area (TPSA) is 25.1 Å². The van der Waals surface area contributed by atoms with Crippen molar-refractivity contribution >= 4 is 0 Å². The van der Waals surface area contributed by atoms with E-state index in [1.807, 2.05) is 26.0 Å². The average Bonchev–Trinajstić information content (AvgIpc) is 2.95. The zero-order chi connectivity index (χ0) is 9.24. The fourth-order valence-electron chi connectivity index (χ4n) is 0.463. The lowest BCUT2D eigenvalue weighted by Crippen LogP contribution is -1.94. The third kappa shape index (κ3) is 2.80. The maximum absolute atomic E-state index is 4.93. The molecule has 2 unspecified atom stereocenters. The fourth-order valence-corrected chi connectivity index (χ4v) is 0.463. The smallest absolute Gasteiger partial charge is 0.107 e. The normalized spacial score (nSPS) is 42.2. The molecule has 2 heteroatoms. The molecule has 0 aliphatic carbocycles. The molecule has 2 aliphatic rings. The van der Waals surface area contributed by atoms with Gasteiger partial charge in [-0.25, -0.2) is 0 Å². The van der Waals surface area contributed by atoms with Crippen LogP contribution in [0.5, 0.6) is 0 Å². The zero-order valence-corrected chi connectivity index (χ0v) is 7.80. The molecule has 0 aromatic rings. The molecule has 0 amide bonds. The van der Waals surface area contributed by atoms with Crippen molar-refractivity contribution in [3.63, 3.8) is 0 Å². The summed E-state index contributed by atoms with van der Waals surface area (Å²) in [5.41, 5.74) is 0.111. The Kier molecular flexibility index (Phi) is 2.40. The Morgan fingerprint density at radius 1 is 1.00 bits per heavy atom. The first-order valence-electron chi connectivity index (χ1n) is 4.09. The van der Waals surface area contributed by atoms with E-state index < -0.39 is 0 Å². The molecule has 2 fully saturated rings. The highest BCUT2D eigenvalue weighted by atomic mass is 16.6. The van der Waals surface area contributed by atoms with Gasteiger partial charge < -0.3 is 9.47 Å². The monoisotopic (exact) mass is 168 g/mol. The van der Waals surface area contributed by atoms with Gasteiger partial charge in [0.1, 0.15) is 11.2 Å². The van der Waals surface area contributed by atoms with Crippen molar-refractivity contribution in [2.75, 3.05) is 13.2 Å². The Morgan fingerprint density at radius 3 is 1.25 bits per heavy atom. The minimum Gasteiger partial charge on any atom is -0.365 e. The first kappa shape index (κ1) is 9.49. The quantitative estimate of drug-likeness (QED) is 0.465. The first-order chi connectivity index (χ1) is 5.54. The number of hydrogen-bond donors (Lipinski definition) is 0. The predicted molar refractivity (Wildman–Crippen MR) is 49.1 cm³/mol.